The van der Waals surface area contributed by atoms with E-state index in [1.165, 1.54) is 12.4 Å². The molecule has 0 aliphatic rings. The van der Waals surface area contributed by atoms with Crippen LogP contribution in [-0.4, -0.2) is 24.2 Å². The van der Waals surface area contributed by atoms with Gasteiger partial charge in [-0.15, -0.1) is 0 Å². The third kappa shape index (κ3) is 4.18. The summed E-state index contributed by atoms with van der Waals surface area (Å²) in [5, 5.41) is 6.27. The largest absolute Gasteiger partial charge is 0.493 e. The fourth-order valence-corrected chi connectivity index (χ4v) is 2.41. The first-order chi connectivity index (χ1) is 12.7. The fourth-order valence-electron chi connectivity index (χ4n) is 2.41. The van der Waals surface area contributed by atoms with Crippen molar-refractivity contribution in [2.24, 2.45) is 0 Å². The number of ether oxygens (including phenoxy) is 2. The van der Waals surface area contributed by atoms with Gasteiger partial charge >= 0.3 is 0 Å². The molecule has 0 radical (unpaired) electrons. The number of nitrogens with one attached hydrogen (secondary N) is 2. The Balaban J connectivity index is 1.70. The zero-order chi connectivity index (χ0) is 18.4. The van der Waals surface area contributed by atoms with Gasteiger partial charge in [-0.2, -0.15) is 0 Å². The third-order valence-electron chi connectivity index (χ3n) is 3.74. The number of hydrogen-bond acceptors (Lipinski definition) is 6. The van der Waals surface area contributed by atoms with E-state index >= 15 is 0 Å². The summed E-state index contributed by atoms with van der Waals surface area (Å²) < 4.78 is 24.2. The molecular formula is C19H19FN4O2. The van der Waals surface area contributed by atoms with Crippen LogP contribution in [0.25, 0.3) is 0 Å². The molecule has 0 spiro atoms. The normalized spacial score (nSPS) is 10.3. The zero-order valence-corrected chi connectivity index (χ0v) is 14.5. The smallest absolute Gasteiger partial charge is 0.162 e. The SMILES string of the molecule is COc1ccc(Nc2cc(NCc3ccccc3F)ncn2)cc1OC. The molecule has 0 unspecified atom stereocenters. The number of hydrogen-bond donors (Lipinski definition) is 2. The predicted molar refractivity (Wildman–Crippen MR) is 98.6 cm³/mol. The quantitative estimate of drug-likeness (QED) is 0.669. The van der Waals surface area contributed by atoms with Crippen molar-refractivity contribution < 1.29 is 13.9 Å². The van der Waals surface area contributed by atoms with E-state index in [0.29, 0.717) is 35.2 Å². The molecule has 134 valence electrons. The molecule has 26 heavy (non-hydrogen) atoms. The van der Waals surface area contributed by atoms with Crippen molar-refractivity contribution in [3.05, 3.63) is 66.2 Å². The first kappa shape index (κ1) is 17.5. The van der Waals surface area contributed by atoms with Crippen LogP contribution in [0, 0.1) is 5.82 Å². The van der Waals surface area contributed by atoms with Crippen molar-refractivity contribution in [2.75, 3.05) is 24.9 Å². The second-order valence-corrected chi connectivity index (χ2v) is 5.43. The van der Waals surface area contributed by atoms with E-state index < -0.39 is 0 Å². The molecule has 2 N–H and O–H groups in total. The Kier molecular flexibility index (Phi) is 5.48. The Morgan fingerprint density at radius 3 is 2.46 bits per heavy atom. The average molecular weight is 354 g/mol. The lowest BCUT2D eigenvalue weighted by atomic mass is 10.2. The Morgan fingerprint density at radius 1 is 0.923 bits per heavy atom. The van der Waals surface area contributed by atoms with E-state index in [0.717, 1.165) is 5.69 Å². The molecule has 2 aromatic carbocycles. The first-order valence-electron chi connectivity index (χ1n) is 7.98. The number of anilines is 3. The molecule has 0 bridgehead atoms. The van der Waals surface area contributed by atoms with Gasteiger partial charge in [0.05, 0.1) is 14.2 Å². The van der Waals surface area contributed by atoms with E-state index in [2.05, 4.69) is 20.6 Å². The van der Waals surface area contributed by atoms with Gasteiger partial charge in [0.2, 0.25) is 0 Å². The zero-order valence-electron chi connectivity index (χ0n) is 14.5. The number of nitrogens with zero attached hydrogens (tertiary/aromatic N) is 2. The van der Waals surface area contributed by atoms with Crippen molar-refractivity contribution >= 4 is 17.3 Å². The van der Waals surface area contributed by atoms with Gasteiger partial charge in [0.25, 0.3) is 0 Å². The standard InChI is InChI=1S/C19H19FN4O2/c1-25-16-8-7-14(9-17(16)26-2)24-19-10-18(22-12-23-19)21-11-13-5-3-4-6-15(13)20/h3-10,12H,11H2,1-2H3,(H2,21,22,23,24). The van der Waals surface area contributed by atoms with Gasteiger partial charge in [0.1, 0.15) is 23.8 Å². The topological polar surface area (TPSA) is 68.3 Å². The number of aromatic nitrogens is 2. The second kappa shape index (κ2) is 8.15. The van der Waals surface area contributed by atoms with E-state index in [1.54, 1.807) is 44.6 Å². The van der Waals surface area contributed by atoms with Crippen LogP contribution in [0.2, 0.25) is 0 Å². The summed E-state index contributed by atoms with van der Waals surface area (Å²) in [6.45, 7) is 0.333. The molecule has 0 atom stereocenters. The second-order valence-electron chi connectivity index (χ2n) is 5.43. The van der Waals surface area contributed by atoms with Crippen molar-refractivity contribution in [3.63, 3.8) is 0 Å². The predicted octanol–water partition coefficient (Wildman–Crippen LogP) is 3.99. The minimum Gasteiger partial charge on any atom is -0.493 e. The van der Waals surface area contributed by atoms with Crippen molar-refractivity contribution in [2.45, 2.75) is 6.54 Å². The summed E-state index contributed by atoms with van der Waals surface area (Å²) in [6.07, 6.45) is 1.44. The molecule has 0 aliphatic heterocycles. The summed E-state index contributed by atoms with van der Waals surface area (Å²) in [4.78, 5) is 8.35. The van der Waals surface area contributed by atoms with Crippen LogP contribution in [0.1, 0.15) is 5.56 Å². The number of halogens is 1. The van der Waals surface area contributed by atoms with Crippen molar-refractivity contribution in [3.8, 4) is 11.5 Å². The summed E-state index contributed by atoms with van der Waals surface area (Å²) in [6, 6.07) is 13.8. The molecule has 1 aromatic heterocycles. The van der Waals surface area contributed by atoms with Crippen LogP contribution < -0.4 is 20.1 Å². The first-order valence-corrected chi connectivity index (χ1v) is 7.98. The van der Waals surface area contributed by atoms with Gasteiger partial charge in [0.15, 0.2) is 11.5 Å². The van der Waals surface area contributed by atoms with Gasteiger partial charge in [-0.05, 0) is 18.2 Å². The molecule has 6 nitrogen and oxygen atoms in total. The van der Waals surface area contributed by atoms with Crippen LogP contribution in [0.5, 0.6) is 11.5 Å². The molecule has 7 heteroatoms. The molecule has 0 saturated carbocycles. The molecular weight excluding hydrogens is 335 g/mol. The molecule has 0 saturated heterocycles. The molecule has 3 rings (SSSR count). The maximum Gasteiger partial charge on any atom is 0.162 e. The van der Waals surface area contributed by atoms with Gasteiger partial charge in [-0.25, -0.2) is 14.4 Å². The van der Waals surface area contributed by atoms with Gasteiger partial charge in [0, 0.05) is 29.9 Å². The Labute approximate surface area is 151 Å². The highest BCUT2D eigenvalue weighted by Gasteiger charge is 2.06. The third-order valence-corrected chi connectivity index (χ3v) is 3.74. The highest BCUT2D eigenvalue weighted by molar-refractivity contribution is 5.62. The Bertz CT molecular complexity index is 889. The monoisotopic (exact) mass is 354 g/mol. The van der Waals surface area contributed by atoms with Gasteiger partial charge < -0.3 is 20.1 Å². The fraction of sp³-hybridized carbons (Fsp3) is 0.158. The number of benzene rings is 2. The van der Waals surface area contributed by atoms with Crippen LogP contribution in [0.3, 0.4) is 0 Å². The Morgan fingerprint density at radius 2 is 1.69 bits per heavy atom. The molecule has 1 heterocycles. The van der Waals surface area contributed by atoms with Crippen LogP contribution in [0.15, 0.2) is 54.9 Å². The lowest BCUT2D eigenvalue weighted by Gasteiger charge is -2.12. The maximum absolute atomic E-state index is 13.7. The van der Waals surface area contributed by atoms with Gasteiger partial charge in [-0.1, -0.05) is 18.2 Å². The van der Waals surface area contributed by atoms with E-state index in [4.69, 9.17) is 9.47 Å². The number of rotatable bonds is 7. The summed E-state index contributed by atoms with van der Waals surface area (Å²) in [5.41, 5.74) is 1.36. The van der Waals surface area contributed by atoms with Gasteiger partial charge in [-0.3, -0.25) is 0 Å². The summed E-state index contributed by atoms with van der Waals surface area (Å²) in [5.74, 6) is 2.20. The molecule has 0 aliphatic carbocycles. The molecule has 3 aromatic rings. The average Bonchev–Trinajstić information content (AvgIpc) is 2.67. The Hall–Kier alpha value is -3.35. The minimum absolute atomic E-state index is 0.252. The van der Waals surface area contributed by atoms with Crippen molar-refractivity contribution in [1.82, 2.24) is 9.97 Å². The molecule has 0 fully saturated rings. The van der Waals surface area contributed by atoms with E-state index in [-0.39, 0.29) is 5.82 Å². The minimum atomic E-state index is -0.252. The van der Waals surface area contributed by atoms with Crippen LogP contribution >= 0.6 is 0 Å². The summed E-state index contributed by atoms with van der Waals surface area (Å²) in [7, 11) is 3.17. The number of methoxy groups -OCH3 is 2. The highest BCUT2D eigenvalue weighted by atomic mass is 19.1. The summed E-state index contributed by atoms with van der Waals surface area (Å²) >= 11 is 0. The van der Waals surface area contributed by atoms with Crippen LogP contribution in [0.4, 0.5) is 21.7 Å². The highest BCUT2D eigenvalue weighted by Crippen LogP contribution is 2.30. The van der Waals surface area contributed by atoms with E-state index in [1.807, 2.05) is 12.1 Å². The lowest BCUT2D eigenvalue weighted by molar-refractivity contribution is 0.355. The van der Waals surface area contributed by atoms with Crippen molar-refractivity contribution in [1.29, 1.82) is 0 Å². The van der Waals surface area contributed by atoms with Crippen LogP contribution in [-0.2, 0) is 6.54 Å². The molecule has 0 amide bonds. The lowest BCUT2D eigenvalue weighted by Crippen LogP contribution is -2.04. The van der Waals surface area contributed by atoms with E-state index in [9.17, 15) is 4.39 Å². The maximum atomic E-state index is 13.7.